The maximum atomic E-state index is 12.7. The van der Waals surface area contributed by atoms with E-state index in [1.807, 2.05) is 35.9 Å². The van der Waals surface area contributed by atoms with E-state index in [4.69, 9.17) is 16.3 Å². The second-order valence-corrected chi connectivity index (χ2v) is 8.50. The van der Waals surface area contributed by atoms with E-state index < -0.39 is 0 Å². The number of esters is 1. The Balaban J connectivity index is 1.56. The Morgan fingerprint density at radius 1 is 1.18 bits per heavy atom. The molecule has 0 spiro atoms. The number of carbonyl (C=O) groups is 1. The van der Waals surface area contributed by atoms with E-state index in [0.717, 1.165) is 45.9 Å². The molecule has 1 aliphatic carbocycles. The van der Waals surface area contributed by atoms with Crippen LogP contribution in [0.4, 0.5) is 0 Å². The highest BCUT2D eigenvalue weighted by molar-refractivity contribution is 6.17. The Morgan fingerprint density at radius 2 is 1.97 bits per heavy atom. The standard InChI is InChI=1S/C25H24ClN5O2/c1-3-33-25(32)22-14-27-31(24(22)21-12-20(21)23-15(2)28-30-29-23)19-9-5-8-18(11-19)17-7-4-6-16(10-17)13-26/h4-11,14,20-21H,3,12-13H2,1-2H3,(H,28,29,30)/t20-,21-/m1/s1. The number of ether oxygens (including phenoxy) is 1. The lowest BCUT2D eigenvalue weighted by Gasteiger charge is -2.12. The third-order valence-electron chi connectivity index (χ3n) is 6.06. The number of hydrogen-bond donors (Lipinski definition) is 1. The van der Waals surface area contributed by atoms with Crippen molar-refractivity contribution in [1.82, 2.24) is 25.2 Å². The van der Waals surface area contributed by atoms with Crippen LogP contribution >= 0.6 is 11.6 Å². The van der Waals surface area contributed by atoms with Gasteiger partial charge in [0.05, 0.1) is 35.6 Å². The first-order chi connectivity index (χ1) is 16.1. The zero-order valence-corrected chi connectivity index (χ0v) is 19.2. The number of nitrogens with one attached hydrogen (secondary N) is 1. The van der Waals surface area contributed by atoms with Crippen LogP contribution < -0.4 is 0 Å². The minimum atomic E-state index is -0.354. The van der Waals surface area contributed by atoms with Crippen molar-refractivity contribution in [3.8, 4) is 16.8 Å². The number of aryl methyl sites for hydroxylation is 1. The summed E-state index contributed by atoms with van der Waals surface area (Å²) in [5.74, 6) is 0.409. The highest BCUT2D eigenvalue weighted by atomic mass is 35.5. The van der Waals surface area contributed by atoms with Gasteiger partial charge in [-0.2, -0.15) is 5.10 Å². The summed E-state index contributed by atoms with van der Waals surface area (Å²) in [4.78, 5) is 12.7. The molecular weight excluding hydrogens is 438 g/mol. The number of benzene rings is 2. The zero-order chi connectivity index (χ0) is 22.9. The number of alkyl halides is 1. The van der Waals surface area contributed by atoms with Crippen LogP contribution in [-0.4, -0.2) is 37.8 Å². The minimum absolute atomic E-state index is 0.110. The summed E-state index contributed by atoms with van der Waals surface area (Å²) in [5.41, 5.74) is 7.33. The first-order valence-corrected chi connectivity index (χ1v) is 11.5. The normalized spacial score (nSPS) is 17.2. The van der Waals surface area contributed by atoms with E-state index in [9.17, 15) is 4.79 Å². The van der Waals surface area contributed by atoms with Crippen molar-refractivity contribution in [1.29, 1.82) is 0 Å². The van der Waals surface area contributed by atoms with Crippen LogP contribution in [0.5, 0.6) is 0 Å². The van der Waals surface area contributed by atoms with Crippen LogP contribution in [0.15, 0.2) is 54.7 Å². The van der Waals surface area contributed by atoms with Gasteiger partial charge in [0.25, 0.3) is 0 Å². The fourth-order valence-electron chi connectivity index (χ4n) is 4.38. The summed E-state index contributed by atoms with van der Waals surface area (Å²) < 4.78 is 7.19. The van der Waals surface area contributed by atoms with Crippen molar-refractivity contribution in [3.63, 3.8) is 0 Å². The molecule has 1 fully saturated rings. The summed E-state index contributed by atoms with van der Waals surface area (Å²) in [7, 11) is 0. The number of aromatic amines is 1. The van der Waals surface area contributed by atoms with E-state index >= 15 is 0 Å². The third kappa shape index (κ3) is 4.04. The van der Waals surface area contributed by atoms with E-state index in [0.29, 0.717) is 18.1 Å². The molecule has 2 aromatic carbocycles. The molecule has 8 heteroatoms. The molecular formula is C25H24ClN5O2. The summed E-state index contributed by atoms with van der Waals surface area (Å²) in [6.07, 6.45) is 2.49. The lowest BCUT2D eigenvalue weighted by Crippen LogP contribution is -2.09. The van der Waals surface area contributed by atoms with Gasteiger partial charge in [-0.1, -0.05) is 35.5 Å². The summed E-state index contributed by atoms with van der Waals surface area (Å²) in [6.45, 7) is 4.08. The van der Waals surface area contributed by atoms with Crippen LogP contribution in [-0.2, 0) is 10.6 Å². The van der Waals surface area contributed by atoms with Gasteiger partial charge < -0.3 is 4.74 Å². The molecule has 0 bridgehead atoms. The first-order valence-electron chi connectivity index (χ1n) is 11.0. The predicted octanol–water partition coefficient (Wildman–Crippen LogP) is 5.15. The molecule has 2 aromatic heterocycles. The average Bonchev–Trinajstić information content (AvgIpc) is 3.28. The maximum Gasteiger partial charge on any atom is 0.341 e. The quantitative estimate of drug-likeness (QED) is 0.304. The molecule has 33 heavy (non-hydrogen) atoms. The molecule has 0 radical (unpaired) electrons. The average molecular weight is 462 g/mol. The van der Waals surface area contributed by atoms with Crippen molar-refractivity contribution in [3.05, 3.63) is 82.9 Å². The third-order valence-corrected chi connectivity index (χ3v) is 6.37. The van der Waals surface area contributed by atoms with E-state index in [-0.39, 0.29) is 17.8 Å². The predicted molar refractivity (Wildman–Crippen MR) is 126 cm³/mol. The summed E-state index contributed by atoms with van der Waals surface area (Å²) in [6, 6.07) is 16.3. The number of hydrogen-bond acceptors (Lipinski definition) is 5. The molecule has 0 saturated heterocycles. The molecule has 0 amide bonds. The molecule has 2 heterocycles. The molecule has 0 aliphatic heterocycles. The molecule has 1 aliphatic rings. The number of carbonyl (C=O) groups excluding carboxylic acids is 1. The van der Waals surface area contributed by atoms with Gasteiger partial charge in [0, 0.05) is 17.7 Å². The fraction of sp³-hybridized carbons (Fsp3) is 0.280. The monoisotopic (exact) mass is 461 g/mol. The lowest BCUT2D eigenvalue weighted by molar-refractivity contribution is 0.0525. The highest BCUT2D eigenvalue weighted by Crippen LogP contribution is 2.55. The van der Waals surface area contributed by atoms with Gasteiger partial charge in [-0.15, -0.1) is 16.7 Å². The first kappa shape index (κ1) is 21.4. The topological polar surface area (TPSA) is 85.7 Å². The molecule has 1 N–H and O–H groups in total. The van der Waals surface area contributed by atoms with Crippen molar-refractivity contribution in [2.75, 3.05) is 6.61 Å². The highest BCUT2D eigenvalue weighted by Gasteiger charge is 2.46. The van der Waals surface area contributed by atoms with Gasteiger partial charge in [0.2, 0.25) is 0 Å². The molecule has 168 valence electrons. The molecule has 0 unspecified atom stereocenters. The summed E-state index contributed by atoms with van der Waals surface area (Å²) in [5, 5.41) is 15.7. The Hall–Kier alpha value is -3.45. The number of H-pyrrole nitrogens is 1. The van der Waals surface area contributed by atoms with Gasteiger partial charge in [0.1, 0.15) is 5.56 Å². The van der Waals surface area contributed by atoms with Crippen LogP contribution in [0.2, 0.25) is 0 Å². The van der Waals surface area contributed by atoms with E-state index in [2.05, 4.69) is 44.8 Å². The maximum absolute atomic E-state index is 12.7. The fourth-order valence-corrected chi connectivity index (χ4v) is 4.54. The molecule has 7 nitrogen and oxygen atoms in total. The van der Waals surface area contributed by atoms with Gasteiger partial charge in [-0.3, -0.25) is 5.10 Å². The van der Waals surface area contributed by atoms with Crippen LogP contribution in [0.1, 0.15) is 58.2 Å². The zero-order valence-electron chi connectivity index (χ0n) is 18.5. The molecule has 2 atom stereocenters. The van der Waals surface area contributed by atoms with Crippen molar-refractivity contribution >= 4 is 17.6 Å². The summed E-state index contributed by atoms with van der Waals surface area (Å²) >= 11 is 6.03. The van der Waals surface area contributed by atoms with Gasteiger partial charge in [0.15, 0.2) is 0 Å². The van der Waals surface area contributed by atoms with Crippen LogP contribution in [0.25, 0.3) is 16.8 Å². The van der Waals surface area contributed by atoms with Crippen LogP contribution in [0, 0.1) is 6.92 Å². The Bertz CT molecular complexity index is 1310. The van der Waals surface area contributed by atoms with Crippen LogP contribution in [0.3, 0.4) is 0 Å². The van der Waals surface area contributed by atoms with Crippen molar-refractivity contribution < 1.29 is 9.53 Å². The number of rotatable bonds is 7. The lowest BCUT2D eigenvalue weighted by atomic mass is 10.0. The molecule has 1 saturated carbocycles. The largest absolute Gasteiger partial charge is 0.462 e. The van der Waals surface area contributed by atoms with E-state index in [1.54, 1.807) is 13.1 Å². The number of nitrogens with zero attached hydrogens (tertiary/aromatic N) is 4. The Labute approximate surface area is 196 Å². The van der Waals surface area contributed by atoms with Gasteiger partial charge in [-0.05, 0) is 55.2 Å². The van der Waals surface area contributed by atoms with Crippen molar-refractivity contribution in [2.45, 2.75) is 38.0 Å². The van der Waals surface area contributed by atoms with Gasteiger partial charge in [-0.25, -0.2) is 9.48 Å². The van der Waals surface area contributed by atoms with E-state index in [1.165, 1.54) is 0 Å². The minimum Gasteiger partial charge on any atom is -0.462 e. The smallest absolute Gasteiger partial charge is 0.341 e. The second-order valence-electron chi connectivity index (χ2n) is 8.23. The molecule has 4 aromatic rings. The second kappa shape index (κ2) is 8.83. The molecule has 5 rings (SSSR count). The number of aromatic nitrogens is 5. The Kier molecular flexibility index (Phi) is 5.72. The Morgan fingerprint density at radius 3 is 2.70 bits per heavy atom. The van der Waals surface area contributed by atoms with Gasteiger partial charge >= 0.3 is 5.97 Å². The number of halogens is 1. The van der Waals surface area contributed by atoms with Crippen molar-refractivity contribution in [2.24, 2.45) is 0 Å². The SMILES string of the molecule is CCOC(=O)c1cnn(-c2cccc(-c3cccc(CCl)c3)c2)c1[C@@H]1C[C@H]1c1nn[nH]c1C.